The van der Waals surface area contributed by atoms with E-state index in [0.29, 0.717) is 13.2 Å². The van der Waals surface area contributed by atoms with Crippen molar-refractivity contribution < 1.29 is 9.53 Å². The molecule has 1 saturated heterocycles. The third-order valence-corrected chi connectivity index (χ3v) is 3.88. The van der Waals surface area contributed by atoms with Crippen molar-refractivity contribution in [2.45, 2.75) is 25.9 Å². The van der Waals surface area contributed by atoms with E-state index in [9.17, 15) is 4.79 Å². The van der Waals surface area contributed by atoms with Crippen molar-refractivity contribution in [3.05, 3.63) is 35.9 Å². The normalized spacial score (nSPS) is 20.7. The Hall–Kier alpha value is -0.810. The number of hydrogen-bond donors (Lipinski definition) is 1. The van der Waals surface area contributed by atoms with Crippen molar-refractivity contribution in [1.29, 1.82) is 0 Å². The zero-order valence-electron chi connectivity index (χ0n) is 13.2. The van der Waals surface area contributed by atoms with E-state index in [-0.39, 0.29) is 42.7 Å². The molecular weight excluding hydrogens is 323 g/mol. The number of piperidine rings is 1. The molecule has 0 radical (unpaired) electrons. The highest BCUT2D eigenvalue weighted by Gasteiger charge is 2.34. The molecule has 2 rings (SSSR count). The van der Waals surface area contributed by atoms with Crippen molar-refractivity contribution in [2.24, 2.45) is 5.92 Å². The lowest BCUT2D eigenvalue weighted by molar-refractivity contribution is -0.151. The number of halogens is 2. The predicted molar refractivity (Wildman–Crippen MR) is 93.8 cm³/mol. The fraction of sp³-hybridized carbons (Fsp3) is 0.562. The number of benzene rings is 1. The Balaban J connectivity index is 0.00000220. The zero-order chi connectivity index (χ0) is 14.4. The van der Waals surface area contributed by atoms with E-state index in [1.807, 2.05) is 13.0 Å². The van der Waals surface area contributed by atoms with Gasteiger partial charge in [0.15, 0.2) is 0 Å². The summed E-state index contributed by atoms with van der Waals surface area (Å²) in [6.45, 7) is 4.84. The highest BCUT2D eigenvalue weighted by Crippen LogP contribution is 2.20. The van der Waals surface area contributed by atoms with Crippen LogP contribution in [0.5, 0.6) is 0 Å². The molecule has 6 heteroatoms. The van der Waals surface area contributed by atoms with Gasteiger partial charge in [0, 0.05) is 19.1 Å². The Labute approximate surface area is 145 Å². The molecule has 0 amide bonds. The lowest BCUT2D eigenvalue weighted by atomic mass is 9.92. The van der Waals surface area contributed by atoms with Gasteiger partial charge >= 0.3 is 5.97 Å². The number of nitrogens with zero attached hydrogens (tertiary/aromatic N) is 1. The van der Waals surface area contributed by atoms with Gasteiger partial charge < -0.3 is 10.1 Å². The molecule has 0 spiro atoms. The smallest absolute Gasteiger partial charge is 0.311 e. The first kappa shape index (κ1) is 21.2. The second-order valence-electron chi connectivity index (χ2n) is 5.32. The molecule has 0 bridgehead atoms. The second-order valence-corrected chi connectivity index (χ2v) is 5.32. The van der Waals surface area contributed by atoms with E-state index < -0.39 is 0 Å². The van der Waals surface area contributed by atoms with Crippen LogP contribution >= 0.6 is 24.8 Å². The van der Waals surface area contributed by atoms with Gasteiger partial charge in [0.2, 0.25) is 0 Å². The quantitative estimate of drug-likeness (QED) is 0.830. The summed E-state index contributed by atoms with van der Waals surface area (Å²) in [6.07, 6.45) is 0.979. The van der Waals surface area contributed by atoms with E-state index in [1.54, 1.807) is 0 Å². The Morgan fingerprint density at radius 1 is 1.32 bits per heavy atom. The number of rotatable bonds is 5. The highest BCUT2D eigenvalue weighted by molar-refractivity contribution is 5.85. The highest BCUT2D eigenvalue weighted by atomic mass is 35.5. The van der Waals surface area contributed by atoms with Crippen LogP contribution in [0.1, 0.15) is 18.9 Å². The van der Waals surface area contributed by atoms with Gasteiger partial charge in [0.25, 0.3) is 0 Å². The Bertz CT molecular complexity index is 431. The first-order valence-electron chi connectivity index (χ1n) is 7.34. The largest absolute Gasteiger partial charge is 0.466 e. The summed E-state index contributed by atoms with van der Waals surface area (Å²) in [5.41, 5.74) is 1.27. The molecule has 126 valence electrons. The maximum absolute atomic E-state index is 12.1. The maximum atomic E-state index is 12.1. The van der Waals surface area contributed by atoms with Crippen LogP contribution in [0.4, 0.5) is 0 Å². The van der Waals surface area contributed by atoms with Crippen LogP contribution in [0.15, 0.2) is 30.3 Å². The third kappa shape index (κ3) is 5.76. The summed E-state index contributed by atoms with van der Waals surface area (Å²) in [5.74, 6) is -0.151. The van der Waals surface area contributed by atoms with E-state index >= 15 is 0 Å². The summed E-state index contributed by atoms with van der Waals surface area (Å²) >= 11 is 0. The standard InChI is InChI=1S/C16H24N2O2.2ClH/c1-3-20-16(19)14-11-17-10-9-15(14)18(2)12-13-7-5-4-6-8-13;;/h4-8,14-15,17H,3,9-12H2,1-2H3;2*1H. The second kappa shape index (κ2) is 10.8. The van der Waals surface area contributed by atoms with Gasteiger partial charge in [-0.1, -0.05) is 30.3 Å². The molecule has 1 aliphatic heterocycles. The van der Waals surface area contributed by atoms with Crippen molar-refractivity contribution in [3.8, 4) is 0 Å². The van der Waals surface area contributed by atoms with Gasteiger partial charge in [0.1, 0.15) is 0 Å². The Kier molecular flexibility index (Phi) is 10.4. The molecule has 0 aromatic heterocycles. The van der Waals surface area contributed by atoms with E-state index in [0.717, 1.165) is 19.5 Å². The average Bonchev–Trinajstić information content (AvgIpc) is 2.48. The van der Waals surface area contributed by atoms with Crippen molar-refractivity contribution >= 4 is 30.8 Å². The SMILES string of the molecule is CCOC(=O)C1CNCCC1N(C)Cc1ccccc1.Cl.Cl. The number of carbonyl (C=O) groups is 1. The molecule has 2 unspecified atom stereocenters. The number of esters is 1. The number of carbonyl (C=O) groups excluding carboxylic acids is 1. The minimum Gasteiger partial charge on any atom is -0.466 e. The first-order chi connectivity index (χ1) is 9.72. The first-order valence-corrected chi connectivity index (χ1v) is 7.34. The molecule has 2 atom stereocenters. The van der Waals surface area contributed by atoms with Crippen molar-refractivity contribution in [1.82, 2.24) is 10.2 Å². The molecule has 4 nitrogen and oxygen atoms in total. The summed E-state index contributed by atoms with van der Waals surface area (Å²) in [7, 11) is 2.09. The van der Waals surface area contributed by atoms with Crippen LogP contribution in [0.25, 0.3) is 0 Å². The van der Waals surface area contributed by atoms with Gasteiger partial charge in [0.05, 0.1) is 12.5 Å². The molecule has 1 N–H and O–H groups in total. The van der Waals surface area contributed by atoms with E-state index in [2.05, 4.69) is 41.5 Å². The van der Waals surface area contributed by atoms with Crippen LogP contribution in [0.3, 0.4) is 0 Å². The van der Waals surface area contributed by atoms with Crippen LogP contribution in [-0.2, 0) is 16.1 Å². The molecule has 1 aliphatic rings. The average molecular weight is 349 g/mol. The van der Waals surface area contributed by atoms with Gasteiger partial charge in [-0.15, -0.1) is 24.8 Å². The fourth-order valence-corrected chi connectivity index (χ4v) is 2.85. The number of hydrogen-bond acceptors (Lipinski definition) is 4. The van der Waals surface area contributed by atoms with Crippen LogP contribution in [0.2, 0.25) is 0 Å². The van der Waals surface area contributed by atoms with Crippen LogP contribution in [-0.4, -0.2) is 43.7 Å². The van der Waals surface area contributed by atoms with Crippen LogP contribution in [0, 0.1) is 5.92 Å². The van der Waals surface area contributed by atoms with Crippen LogP contribution < -0.4 is 5.32 Å². The molecule has 0 aliphatic carbocycles. The van der Waals surface area contributed by atoms with E-state index in [1.165, 1.54) is 5.56 Å². The zero-order valence-corrected chi connectivity index (χ0v) is 14.8. The Morgan fingerprint density at radius 2 is 2.00 bits per heavy atom. The molecule has 1 aromatic carbocycles. The topological polar surface area (TPSA) is 41.6 Å². The minimum absolute atomic E-state index is 0. The molecule has 0 saturated carbocycles. The molecule has 22 heavy (non-hydrogen) atoms. The fourth-order valence-electron chi connectivity index (χ4n) is 2.85. The molecule has 1 heterocycles. The van der Waals surface area contributed by atoms with E-state index in [4.69, 9.17) is 4.74 Å². The summed E-state index contributed by atoms with van der Waals surface area (Å²) in [6, 6.07) is 10.6. The number of ether oxygens (including phenoxy) is 1. The van der Waals surface area contributed by atoms with Gasteiger partial charge in [-0.3, -0.25) is 9.69 Å². The maximum Gasteiger partial charge on any atom is 0.311 e. The predicted octanol–water partition coefficient (Wildman–Crippen LogP) is 2.50. The van der Waals surface area contributed by atoms with Gasteiger partial charge in [-0.25, -0.2) is 0 Å². The monoisotopic (exact) mass is 348 g/mol. The summed E-state index contributed by atoms with van der Waals surface area (Å²) in [4.78, 5) is 14.4. The molecule has 1 aromatic rings. The summed E-state index contributed by atoms with van der Waals surface area (Å²) < 4.78 is 5.21. The number of nitrogens with one attached hydrogen (secondary N) is 1. The minimum atomic E-state index is -0.0791. The molecular formula is C16H26Cl2N2O2. The third-order valence-electron chi connectivity index (χ3n) is 3.88. The van der Waals surface area contributed by atoms with Gasteiger partial charge in [-0.05, 0) is 32.5 Å². The molecule has 1 fully saturated rings. The summed E-state index contributed by atoms with van der Waals surface area (Å²) in [5, 5.41) is 3.30. The lowest BCUT2D eigenvalue weighted by Crippen LogP contribution is -2.51. The lowest BCUT2D eigenvalue weighted by Gasteiger charge is -2.37. The van der Waals surface area contributed by atoms with Crippen molar-refractivity contribution in [3.63, 3.8) is 0 Å². The van der Waals surface area contributed by atoms with Crippen molar-refractivity contribution in [2.75, 3.05) is 26.7 Å². The Morgan fingerprint density at radius 3 is 2.64 bits per heavy atom. The van der Waals surface area contributed by atoms with Gasteiger partial charge in [-0.2, -0.15) is 0 Å².